The van der Waals surface area contributed by atoms with Crippen LogP contribution in [0.2, 0.25) is 0 Å². The molecule has 0 aromatic heterocycles. The van der Waals surface area contributed by atoms with E-state index in [2.05, 4.69) is 14.9 Å². The van der Waals surface area contributed by atoms with Gasteiger partial charge in [-0.15, -0.1) is 4.40 Å². The van der Waals surface area contributed by atoms with Gasteiger partial charge in [-0.25, -0.2) is 0 Å². The Morgan fingerprint density at radius 3 is 2.43 bits per heavy atom. The lowest BCUT2D eigenvalue weighted by Gasteiger charge is -2.03. The molecule has 2 aromatic rings. The van der Waals surface area contributed by atoms with Gasteiger partial charge in [-0.1, -0.05) is 42.1 Å². The first-order valence-corrected chi connectivity index (χ1v) is 9.20. The van der Waals surface area contributed by atoms with Crippen LogP contribution in [0, 0.1) is 0 Å². The molecule has 0 amide bonds. The summed E-state index contributed by atoms with van der Waals surface area (Å²) >= 11 is 1.11. The number of aromatic hydroxyl groups is 1. The molecule has 23 heavy (non-hydrogen) atoms. The molecule has 0 aliphatic rings. The van der Waals surface area contributed by atoms with E-state index in [0.29, 0.717) is 5.56 Å². The van der Waals surface area contributed by atoms with Crippen LogP contribution in [0.15, 0.2) is 69.0 Å². The number of phenolic OH excluding ortho intramolecular Hbond substituents is 1. The lowest BCUT2D eigenvalue weighted by molar-refractivity contribution is 0.474. The minimum Gasteiger partial charge on any atom is -0.507 e. The first-order valence-electron chi connectivity index (χ1n) is 6.54. The van der Waals surface area contributed by atoms with Gasteiger partial charge in [0.15, 0.2) is 5.17 Å². The first-order chi connectivity index (χ1) is 11.0. The van der Waals surface area contributed by atoms with Gasteiger partial charge in [0.2, 0.25) is 0 Å². The Balaban J connectivity index is 2.15. The van der Waals surface area contributed by atoms with Crippen molar-refractivity contribution >= 4 is 33.2 Å². The highest BCUT2D eigenvalue weighted by Gasteiger charge is 2.13. The fraction of sp³-hybridized carbons (Fsp3) is 0.0667. The lowest BCUT2D eigenvalue weighted by atomic mass is 10.2. The summed E-state index contributed by atoms with van der Waals surface area (Å²) in [6.07, 6.45) is 3.07. The summed E-state index contributed by atoms with van der Waals surface area (Å²) in [6, 6.07) is 14.6. The molecule has 0 saturated carbocycles. The number of nitrogens with one attached hydrogen (secondary N) is 1. The van der Waals surface area contributed by atoms with Crippen LogP contribution < -0.4 is 5.43 Å². The zero-order chi connectivity index (χ0) is 16.7. The van der Waals surface area contributed by atoms with E-state index in [0.717, 1.165) is 11.8 Å². The lowest BCUT2D eigenvalue weighted by Crippen LogP contribution is -2.16. The molecule has 0 spiro atoms. The maximum absolute atomic E-state index is 12.2. The topological polar surface area (TPSA) is 91.1 Å². The summed E-state index contributed by atoms with van der Waals surface area (Å²) in [4.78, 5) is 0.109. The minimum atomic E-state index is -3.79. The number of hydrazone groups is 1. The quantitative estimate of drug-likeness (QED) is 0.502. The fourth-order valence-corrected chi connectivity index (χ4v) is 3.21. The van der Waals surface area contributed by atoms with Gasteiger partial charge in [0, 0.05) is 5.56 Å². The predicted octanol–water partition coefficient (Wildman–Crippen LogP) is 2.42. The van der Waals surface area contributed by atoms with Crippen molar-refractivity contribution in [3.63, 3.8) is 0 Å². The van der Waals surface area contributed by atoms with Gasteiger partial charge in [0.25, 0.3) is 10.0 Å². The molecular weight excluding hydrogens is 334 g/mol. The van der Waals surface area contributed by atoms with Crippen LogP contribution in [0.5, 0.6) is 5.75 Å². The smallest absolute Gasteiger partial charge is 0.284 e. The zero-order valence-corrected chi connectivity index (χ0v) is 13.9. The molecule has 0 unspecified atom stereocenters. The van der Waals surface area contributed by atoms with Gasteiger partial charge in [-0.3, -0.25) is 5.43 Å². The van der Waals surface area contributed by atoms with Gasteiger partial charge >= 0.3 is 0 Å². The third-order valence-corrected chi connectivity index (χ3v) is 4.71. The van der Waals surface area contributed by atoms with Gasteiger partial charge in [0.05, 0.1) is 11.1 Å². The van der Waals surface area contributed by atoms with Crippen LogP contribution in [0.1, 0.15) is 5.56 Å². The summed E-state index contributed by atoms with van der Waals surface area (Å²) < 4.78 is 28.0. The highest BCUT2D eigenvalue weighted by Crippen LogP contribution is 2.14. The highest BCUT2D eigenvalue weighted by atomic mass is 32.2. The number of phenols is 1. The average molecular weight is 349 g/mol. The van der Waals surface area contributed by atoms with Crippen molar-refractivity contribution in [2.45, 2.75) is 4.90 Å². The van der Waals surface area contributed by atoms with Crippen molar-refractivity contribution in [1.82, 2.24) is 5.43 Å². The molecule has 0 saturated heterocycles. The van der Waals surface area contributed by atoms with Crippen molar-refractivity contribution < 1.29 is 13.5 Å². The molecule has 0 aliphatic heterocycles. The van der Waals surface area contributed by atoms with E-state index in [-0.39, 0.29) is 15.8 Å². The second-order valence-electron chi connectivity index (χ2n) is 4.32. The summed E-state index contributed by atoms with van der Waals surface area (Å²) in [5.41, 5.74) is 3.07. The van der Waals surface area contributed by atoms with Crippen molar-refractivity contribution in [2.75, 3.05) is 6.26 Å². The molecule has 6 nitrogen and oxygen atoms in total. The molecule has 2 aromatic carbocycles. The molecule has 0 aliphatic carbocycles. The summed E-state index contributed by atoms with van der Waals surface area (Å²) in [5, 5.41) is 13.6. The Bertz CT molecular complexity index is 819. The Morgan fingerprint density at radius 1 is 1.13 bits per heavy atom. The van der Waals surface area contributed by atoms with E-state index in [1.807, 2.05) is 0 Å². The Kier molecular flexibility index (Phi) is 5.78. The molecule has 2 N–H and O–H groups in total. The number of amidine groups is 1. The third-order valence-electron chi connectivity index (χ3n) is 2.74. The van der Waals surface area contributed by atoms with Gasteiger partial charge < -0.3 is 5.11 Å². The van der Waals surface area contributed by atoms with E-state index >= 15 is 0 Å². The number of thioether (sulfide) groups is 1. The Labute approximate surface area is 139 Å². The van der Waals surface area contributed by atoms with E-state index in [9.17, 15) is 13.5 Å². The SMILES string of the molecule is CS/C(=N\S(=O)(=O)c1ccccc1)N/N=C/c1ccccc1O. The van der Waals surface area contributed by atoms with Gasteiger partial charge in [-0.05, 0) is 30.5 Å². The van der Waals surface area contributed by atoms with Gasteiger partial charge in [-0.2, -0.15) is 13.5 Å². The third kappa shape index (κ3) is 4.83. The number of rotatable bonds is 4. The molecule has 0 fully saturated rings. The summed E-state index contributed by atoms with van der Waals surface area (Å²) in [5.74, 6) is 0.0811. The molecule has 120 valence electrons. The average Bonchev–Trinajstić information content (AvgIpc) is 2.56. The molecule has 0 radical (unpaired) electrons. The standard InChI is InChI=1S/C15H15N3O3S2/c1-22-15(17-16-11-12-7-5-6-10-14(12)19)18-23(20,21)13-8-3-2-4-9-13/h2-11,19H,1H3,(H,17,18)/b16-11+. The number of para-hydroxylation sites is 1. The Hall–Kier alpha value is -2.32. The van der Waals surface area contributed by atoms with Crippen LogP contribution >= 0.6 is 11.8 Å². The van der Waals surface area contributed by atoms with E-state index < -0.39 is 10.0 Å². The molecule has 0 bridgehead atoms. The van der Waals surface area contributed by atoms with Crippen LogP contribution in [0.25, 0.3) is 0 Å². The largest absolute Gasteiger partial charge is 0.507 e. The first kappa shape index (κ1) is 17.0. The number of hydrogen-bond acceptors (Lipinski definition) is 5. The normalized spacial score (nSPS) is 12.5. The van der Waals surface area contributed by atoms with E-state index in [1.54, 1.807) is 42.7 Å². The van der Waals surface area contributed by atoms with E-state index in [1.165, 1.54) is 24.4 Å². The molecule has 0 heterocycles. The Morgan fingerprint density at radius 2 is 1.78 bits per heavy atom. The second kappa shape index (κ2) is 7.80. The van der Waals surface area contributed by atoms with E-state index in [4.69, 9.17) is 0 Å². The van der Waals surface area contributed by atoms with Crippen LogP contribution in [-0.4, -0.2) is 31.2 Å². The summed E-state index contributed by atoms with van der Waals surface area (Å²) in [7, 11) is -3.79. The molecule has 0 atom stereocenters. The van der Waals surface area contributed by atoms with Gasteiger partial charge in [0.1, 0.15) is 5.75 Å². The fourth-order valence-electron chi connectivity index (χ4n) is 1.61. The van der Waals surface area contributed by atoms with Crippen LogP contribution in [-0.2, 0) is 10.0 Å². The minimum absolute atomic E-state index is 0.0811. The van der Waals surface area contributed by atoms with Crippen LogP contribution in [0.3, 0.4) is 0 Å². The second-order valence-corrected chi connectivity index (χ2v) is 6.72. The molecule has 2 rings (SSSR count). The zero-order valence-electron chi connectivity index (χ0n) is 12.2. The van der Waals surface area contributed by atoms with Crippen molar-refractivity contribution in [3.8, 4) is 5.75 Å². The monoisotopic (exact) mass is 349 g/mol. The maximum atomic E-state index is 12.2. The number of hydrogen-bond donors (Lipinski definition) is 2. The van der Waals surface area contributed by atoms with Crippen molar-refractivity contribution in [1.29, 1.82) is 0 Å². The van der Waals surface area contributed by atoms with Crippen molar-refractivity contribution in [2.24, 2.45) is 9.50 Å². The maximum Gasteiger partial charge on any atom is 0.284 e. The predicted molar refractivity (Wildman–Crippen MR) is 93.4 cm³/mol. The molecular formula is C15H15N3O3S2. The number of sulfonamides is 1. The molecule has 8 heteroatoms. The summed E-state index contributed by atoms with van der Waals surface area (Å²) in [6.45, 7) is 0. The number of nitrogens with zero attached hydrogens (tertiary/aromatic N) is 2. The highest BCUT2D eigenvalue weighted by molar-refractivity contribution is 8.13. The van der Waals surface area contributed by atoms with Crippen molar-refractivity contribution in [3.05, 3.63) is 60.2 Å². The van der Waals surface area contributed by atoms with Crippen LogP contribution in [0.4, 0.5) is 0 Å². The number of benzene rings is 2.